The van der Waals surface area contributed by atoms with Crippen LogP contribution in [0.3, 0.4) is 0 Å². The number of carbonyl (C=O) groups is 1. The molecular weight excluding hydrogens is 242 g/mol. The van der Waals surface area contributed by atoms with Crippen LogP contribution in [0, 0.1) is 25.7 Å². The van der Waals surface area contributed by atoms with E-state index in [2.05, 4.69) is 11.2 Å². The molecule has 0 amide bonds. The minimum Gasteiger partial charge on any atom is -0.477 e. The van der Waals surface area contributed by atoms with Crippen molar-refractivity contribution in [3.05, 3.63) is 34.9 Å². The Labute approximate surface area is 113 Å². The minimum atomic E-state index is -1.16. The number of hydrogen-bond donors (Lipinski definition) is 2. The third kappa shape index (κ3) is 3.81. The molecule has 2 N–H and O–H groups in total. The topological polar surface area (TPSA) is 69.9 Å². The van der Waals surface area contributed by atoms with Crippen molar-refractivity contribution in [2.75, 3.05) is 0 Å². The molecule has 1 atom stereocenters. The number of carboxylic acid groups (broad SMARTS) is 1. The Balaban J connectivity index is 3.06. The van der Waals surface area contributed by atoms with Gasteiger partial charge < -0.3 is 10.3 Å². The second kappa shape index (κ2) is 6.36. The third-order valence-corrected chi connectivity index (χ3v) is 3.42. The summed E-state index contributed by atoms with van der Waals surface area (Å²) in [5.41, 5.74) is 3.23. The van der Waals surface area contributed by atoms with Crippen LogP contribution >= 0.6 is 0 Å². The van der Waals surface area contributed by atoms with Gasteiger partial charge >= 0.3 is 5.97 Å². The second-order valence-electron chi connectivity index (χ2n) is 5.27. The summed E-state index contributed by atoms with van der Waals surface area (Å²) in [6, 6.07) is 6.09. The van der Waals surface area contributed by atoms with E-state index < -0.39 is 5.97 Å². The lowest BCUT2D eigenvalue weighted by atomic mass is 9.84. The van der Waals surface area contributed by atoms with Gasteiger partial charge in [0.2, 0.25) is 0 Å². The predicted octanol–water partition coefficient (Wildman–Crippen LogP) is 3.03. The lowest BCUT2D eigenvalue weighted by molar-refractivity contribution is -0.129. The maximum Gasteiger partial charge on any atom is 0.353 e. The monoisotopic (exact) mass is 263 g/mol. The van der Waals surface area contributed by atoms with Gasteiger partial charge in [0, 0.05) is 5.92 Å². The Bertz CT molecular complexity index is 492. The number of carboxylic acids is 1. The molecule has 0 aliphatic carbocycles. The molecule has 0 fully saturated rings. The molecule has 19 heavy (non-hydrogen) atoms. The molecule has 1 rings (SSSR count). The molecular formula is C15H21NO3. The zero-order valence-electron chi connectivity index (χ0n) is 11.8. The van der Waals surface area contributed by atoms with Crippen molar-refractivity contribution in [3.8, 4) is 0 Å². The minimum absolute atomic E-state index is 0.0858. The molecule has 0 radical (unpaired) electrons. The Morgan fingerprint density at radius 3 is 2.37 bits per heavy atom. The van der Waals surface area contributed by atoms with Gasteiger partial charge in [-0.3, -0.25) is 0 Å². The fourth-order valence-electron chi connectivity index (χ4n) is 2.24. The molecule has 0 spiro atoms. The first-order valence-corrected chi connectivity index (χ1v) is 6.38. The van der Waals surface area contributed by atoms with Crippen LogP contribution in [-0.4, -0.2) is 22.0 Å². The van der Waals surface area contributed by atoms with Crippen molar-refractivity contribution in [1.29, 1.82) is 0 Å². The standard InChI is InChI=1S/C15H21NO3/c1-9(2)13(14(16-19)15(17)18)8-12-6-5-10(3)7-11(12)4/h5-7,9,13,19H,8H2,1-4H3,(H,17,18). The Morgan fingerprint density at radius 1 is 1.32 bits per heavy atom. The van der Waals surface area contributed by atoms with Gasteiger partial charge in [-0.05, 0) is 37.3 Å². The highest BCUT2D eigenvalue weighted by molar-refractivity contribution is 6.36. The summed E-state index contributed by atoms with van der Waals surface area (Å²) in [4.78, 5) is 11.1. The molecule has 1 unspecified atom stereocenters. The maximum atomic E-state index is 11.1. The number of nitrogens with zero attached hydrogens (tertiary/aromatic N) is 1. The molecule has 0 heterocycles. The van der Waals surface area contributed by atoms with E-state index in [4.69, 9.17) is 10.3 Å². The molecule has 104 valence electrons. The van der Waals surface area contributed by atoms with E-state index in [1.165, 1.54) is 5.56 Å². The van der Waals surface area contributed by atoms with Crippen LogP contribution in [0.15, 0.2) is 23.4 Å². The van der Waals surface area contributed by atoms with Gasteiger partial charge in [-0.2, -0.15) is 0 Å². The van der Waals surface area contributed by atoms with E-state index in [9.17, 15) is 4.79 Å². The van der Waals surface area contributed by atoms with Gasteiger partial charge in [0.1, 0.15) is 0 Å². The quantitative estimate of drug-likeness (QED) is 0.487. The molecule has 0 saturated heterocycles. The zero-order valence-corrected chi connectivity index (χ0v) is 11.8. The normalized spacial score (nSPS) is 13.6. The third-order valence-electron chi connectivity index (χ3n) is 3.42. The zero-order chi connectivity index (χ0) is 14.6. The molecule has 1 aromatic rings. The van der Waals surface area contributed by atoms with Crippen LogP contribution in [0.25, 0.3) is 0 Å². The van der Waals surface area contributed by atoms with Crippen LogP contribution in [0.4, 0.5) is 0 Å². The number of aliphatic carboxylic acids is 1. The van der Waals surface area contributed by atoms with Crippen LogP contribution in [0.2, 0.25) is 0 Å². The highest BCUT2D eigenvalue weighted by atomic mass is 16.4. The molecule has 4 heteroatoms. The van der Waals surface area contributed by atoms with Crippen molar-refractivity contribution in [3.63, 3.8) is 0 Å². The summed E-state index contributed by atoms with van der Waals surface area (Å²) in [7, 11) is 0. The van der Waals surface area contributed by atoms with Crippen molar-refractivity contribution in [2.24, 2.45) is 17.0 Å². The lowest BCUT2D eigenvalue weighted by Crippen LogP contribution is -2.29. The summed E-state index contributed by atoms with van der Waals surface area (Å²) in [6.07, 6.45) is 0.565. The molecule has 0 aliphatic heterocycles. The van der Waals surface area contributed by atoms with E-state index in [-0.39, 0.29) is 17.5 Å². The molecule has 1 aromatic carbocycles. The van der Waals surface area contributed by atoms with Crippen molar-refractivity contribution in [2.45, 2.75) is 34.1 Å². The summed E-state index contributed by atoms with van der Waals surface area (Å²) in [5.74, 6) is -1.38. The number of hydrogen-bond acceptors (Lipinski definition) is 3. The van der Waals surface area contributed by atoms with Gasteiger partial charge in [0.25, 0.3) is 0 Å². The summed E-state index contributed by atoms with van der Waals surface area (Å²) >= 11 is 0. The predicted molar refractivity (Wildman–Crippen MR) is 74.8 cm³/mol. The van der Waals surface area contributed by atoms with Crippen molar-refractivity contribution < 1.29 is 15.1 Å². The number of rotatable bonds is 5. The Kier molecular flexibility index (Phi) is 5.10. The molecule has 0 aromatic heterocycles. The first-order valence-electron chi connectivity index (χ1n) is 6.38. The molecule has 4 nitrogen and oxygen atoms in total. The number of oxime groups is 1. The fourth-order valence-corrected chi connectivity index (χ4v) is 2.24. The second-order valence-corrected chi connectivity index (χ2v) is 5.27. The van der Waals surface area contributed by atoms with Crippen LogP contribution in [0.1, 0.15) is 30.5 Å². The van der Waals surface area contributed by atoms with E-state index in [1.54, 1.807) is 0 Å². The number of benzene rings is 1. The fraction of sp³-hybridized carbons (Fsp3) is 0.467. The smallest absolute Gasteiger partial charge is 0.353 e. The maximum absolute atomic E-state index is 11.1. The highest BCUT2D eigenvalue weighted by Crippen LogP contribution is 2.22. The largest absolute Gasteiger partial charge is 0.477 e. The van der Waals surface area contributed by atoms with Gasteiger partial charge in [0.05, 0.1) is 0 Å². The highest BCUT2D eigenvalue weighted by Gasteiger charge is 2.27. The molecule has 0 saturated carbocycles. The molecule has 0 bridgehead atoms. The first kappa shape index (κ1) is 15.2. The van der Waals surface area contributed by atoms with Crippen molar-refractivity contribution in [1.82, 2.24) is 0 Å². The van der Waals surface area contributed by atoms with Gasteiger partial charge in [-0.15, -0.1) is 0 Å². The van der Waals surface area contributed by atoms with Crippen LogP contribution < -0.4 is 0 Å². The van der Waals surface area contributed by atoms with E-state index in [0.717, 1.165) is 11.1 Å². The lowest BCUT2D eigenvalue weighted by Gasteiger charge is -2.20. The van der Waals surface area contributed by atoms with Crippen molar-refractivity contribution >= 4 is 11.7 Å². The van der Waals surface area contributed by atoms with E-state index in [1.807, 2.05) is 39.8 Å². The average Bonchev–Trinajstić information content (AvgIpc) is 2.30. The summed E-state index contributed by atoms with van der Waals surface area (Å²) in [6.45, 7) is 7.90. The Hall–Kier alpha value is -1.84. The van der Waals surface area contributed by atoms with Gasteiger partial charge in [-0.1, -0.05) is 42.8 Å². The molecule has 0 aliphatic rings. The summed E-state index contributed by atoms with van der Waals surface area (Å²) in [5, 5.41) is 21.0. The van der Waals surface area contributed by atoms with Gasteiger partial charge in [0.15, 0.2) is 5.71 Å². The first-order chi connectivity index (χ1) is 8.86. The summed E-state index contributed by atoms with van der Waals surface area (Å²) < 4.78 is 0. The number of aryl methyl sites for hydroxylation is 2. The van der Waals surface area contributed by atoms with Gasteiger partial charge in [-0.25, -0.2) is 4.79 Å². The SMILES string of the molecule is Cc1ccc(CC(C(=NO)C(=O)O)C(C)C)c(C)c1. The average molecular weight is 263 g/mol. The van der Waals surface area contributed by atoms with Crippen LogP contribution in [0.5, 0.6) is 0 Å². The van der Waals surface area contributed by atoms with E-state index in [0.29, 0.717) is 6.42 Å². The van der Waals surface area contributed by atoms with E-state index >= 15 is 0 Å². The van der Waals surface area contributed by atoms with Crippen LogP contribution in [-0.2, 0) is 11.2 Å². The Morgan fingerprint density at radius 2 is 1.95 bits per heavy atom.